The van der Waals surface area contributed by atoms with Crippen LogP contribution in [0.2, 0.25) is 0 Å². The number of hydrogen-bond acceptors (Lipinski definition) is 1. The SMILES string of the molecule is Cc1cccc(NC(=O)c2cc3n(c2C)CCC3)c1. The largest absolute Gasteiger partial charge is 0.348 e. The van der Waals surface area contributed by atoms with Crippen LogP contribution < -0.4 is 5.32 Å². The smallest absolute Gasteiger partial charge is 0.257 e. The van der Waals surface area contributed by atoms with Crippen LogP contribution in [0.25, 0.3) is 0 Å². The first-order valence-electron chi connectivity index (χ1n) is 6.72. The molecule has 1 aliphatic rings. The molecule has 0 bridgehead atoms. The molecule has 1 aromatic heterocycles. The molecule has 0 aliphatic carbocycles. The van der Waals surface area contributed by atoms with Crippen LogP contribution in [0.1, 0.15) is 33.7 Å². The van der Waals surface area contributed by atoms with Crippen molar-refractivity contribution in [2.75, 3.05) is 5.32 Å². The number of carbonyl (C=O) groups excluding carboxylic acids is 1. The summed E-state index contributed by atoms with van der Waals surface area (Å²) in [6, 6.07) is 9.92. The number of aromatic nitrogens is 1. The molecule has 0 saturated heterocycles. The molecule has 1 amide bonds. The van der Waals surface area contributed by atoms with Gasteiger partial charge in [-0.3, -0.25) is 4.79 Å². The second kappa shape index (κ2) is 4.57. The average molecular weight is 254 g/mol. The standard InChI is InChI=1S/C16H18N2O/c1-11-5-3-6-13(9-11)17-16(19)15-10-14-7-4-8-18(14)12(15)2/h3,5-6,9-10H,4,7-8H2,1-2H3,(H,17,19). The molecular formula is C16H18N2O. The van der Waals surface area contributed by atoms with E-state index in [0.29, 0.717) is 0 Å². The van der Waals surface area contributed by atoms with Gasteiger partial charge in [0, 0.05) is 23.6 Å². The monoisotopic (exact) mass is 254 g/mol. The Morgan fingerprint density at radius 2 is 2.11 bits per heavy atom. The molecule has 0 radical (unpaired) electrons. The molecule has 19 heavy (non-hydrogen) atoms. The van der Waals surface area contributed by atoms with Gasteiger partial charge in [-0.05, 0) is 50.5 Å². The number of fused-ring (bicyclic) bond motifs is 1. The lowest BCUT2D eigenvalue weighted by molar-refractivity contribution is 0.102. The van der Waals surface area contributed by atoms with E-state index in [0.717, 1.165) is 35.5 Å². The lowest BCUT2D eigenvalue weighted by atomic mass is 10.2. The van der Waals surface area contributed by atoms with Gasteiger partial charge in [0.2, 0.25) is 0 Å². The molecule has 3 rings (SSSR count). The van der Waals surface area contributed by atoms with Crippen LogP contribution in [0.3, 0.4) is 0 Å². The van der Waals surface area contributed by atoms with Gasteiger partial charge in [-0.15, -0.1) is 0 Å². The number of anilines is 1. The van der Waals surface area contributed by atoms with E-state index in [9.17, 15) is 4.79 Å². The second-order valence-electron chi connectivity index (χ2n) is 5.21. The summed E-state index contributed by atoms with van der Waals surface area (Å²) in [7, 11) is 0. The summed E-state index contributed by atoms with van der Waals surface area (Å²) >= 11 is 0. The highest BCUT2D eigenvalue weighted by atomic mass is 16.1. The van der Waals surface area contributed by atoms with Gasteiger partial charge in [0.15, 0.2) is 0 Å². The van der Waals surface area contributed by atoms with Crippen molar-refractivity contribution in [2.24, 2.45) is 0 Å². The highest BCUT2D eigenvalue weighted by Crippen LogP contribution is 2.23. The summed E-state index contributed by atoms with van der Waals surface area (Å²) in [6.07, 6.45) is 2.27. The van der Waals surface area contributed by atoms with E-state index >= 15 is 0 Å². The fourth-order valence-electron chi connectivity index (χ4n) is 2.80. The molecule has 0 saturated carbocycles. The second-order valence-corrected chi connectivity index (χ2v) is 5.21. The number of amides is 1. The van der Waals surface area contributed by atoms with E-state index in [1.165, 1.54) is 12.1 Å². The number of nitrogens with zero attached hydrogens (tertiary/aromatic N) is 1. The Hall–Kier alpha value is -2.03. The third-order valence-electron chi connectivity index (χ3n) is 3.79. The van der Waals surface area contributed by atoms with E-state index in [1.807, 2.05) is 44.2 Å². The first kappa shape index (κ1) is 12.0. The van der Waals surface area contributed by atoms with Crippen LogP contribution >= 0.6 is 0 Å². The van der Waals surface area contributed by atoms with Crippen molar-refractivity contribution in [1.29, 1.82) is 0 Å². The van der Waals surface area contributed by atoms with Gasteiger partial charge in [-0.1, -0.05) is 12.1 Å². The van der Waals surface area contributed by atoms with Crippen molar-refractivity contribution in [3.8, 4) is 0 Å². The molecule has 3 nitrogen and oxygen atoms in total. The Kier molecular flexibility index (Phi) is 2.90. The van der Waals surface area contributed by atoms with E-state index in [2.05, 4.69) is 9.88 Å². The van der Waals surface area contributed by atoms with Crippen molar-refractivity contribution >= 4 is 11.6 Å². The van der Waals surface area contributed by atoms with Crippen molar-refractivity contribution in [1.82, 2.24) is 4.57 Å². The summed E-state index contributed by atoms with van der Waals surface area (Å²) in [6.45, 7) is 5.09. The van der Waals surface area contributed by atoms with Gasteiger partial charge in [0.05, 0.1) is 5.56 Å². The topological polar surface area (TPSA) is 34.0 Å². The summed E-state index contributed by atoms with van der Waals surface area (Å²) in [5.41, 5.74) is 5.17. The predicted octanol–water partition coefficient (Wildman–Crippen LogP) is 3.30. The molecule has 0 spiro atoms. The number of carbonyl (C=O) groups is 1. The molecule has 1 N–H and O–H groups in total. The number of benzene rings is 1. The van der Waals surface area contributed by atoms with Gasteiger partial charge >= 0.3 is 0 Å². The Bertz CT molecular complexity index is 640. The molecule has 1 aromatic carbocycles. The van der Waals surface area contributed by atoms with Crippen molar-refractivity contribution < 1.29 is 4.79 Å². The van der Waals surface area contributed by atoms with Gasteiger partial charge in [-0.2, -0.15) is 0 Å². The van der Waals surface area contributed by atoms with Crippen LogP contribution in [-0.2, 0) is 13.0 Å². The summed E-state index contributed by atoms with van der Waals surface area (Å²) < 4.78 is 2.26. The maximum Gasteiger partial charge on any atom is 0.257 e. The Balaban J connectivity index is 1.85. The highest BCUT2D eigenvalue weighted by Gasteiger charge is 2.20. The first-order valence-corrected chi connectivity index (χ1v) is 6.72. The molecule has 2 aromatic rings. The van der Waals surface area contributed by atoms with Gasteiger partial charge in [0.1, 0.15) is 0 Å². The minimum atomic E-state index is -0.00926. The van der Waals surface area contributed by atoms with Crippen LogP contribution in [-0.4, -0.2) is 10.5 Å². The maximum atomic E-state index is 12.3. The number of aryl methyl sites for hydroxylation is 2. The maximum absolute atomic E-state index is 12.3. The summed E-state index contributed by atoms with van der Waals surface area (Å²) in [5.74, 6) is -0.00926. The fourth-order valence-corrected chi connectivity index (χ4v) is 2.80. The predicted molar refractivity (Wildman–Crippen MR) is 76.6 cm³/mol. The zero-order chi connectivity index (χ0) is 13.4. The third-order valence-corrected chi connectivity index (χ3v) is 3.79. The first-order chi connectivity index (χ1) is 9.15. The molecule has 2 heterocycles. The minimum Gasteiger partial charge on any atom is -0.348 e. The van der Waals surface area contributed by atoms with Crippen LogP contribution in [0.15, 0.2) is 30.3 Å². The lowest BCUT2D eigenvalue weighted by Gasteiger charge is -2.07. The highest BCUT2D eigenvalue weighted by molar-refractivity contribution is 6.05. The van der Waals surface area contributed by atoms with Crippen LogP contribution in [0.4, 0.5) is 5.69 Å². The summed E-state index contributed by atoms with van der Waals surface area (Å²) in [5, 5.41) is 2.98. The molecule has 3 heteroatoms. The van der Waals surface area contributed by atoms with E-state index in [1.54, 1.807) is 0 Å². The molecular weight excluding hydrogens is 236 g/mol. The Labute approximate surface area is 113 Å². The Morgan fingerprint density at radius 3 is 2.84 bits per heavy atom. The Morgan fingerprint density at radius 1 is 1.26 bits per heavy atom. The number of rotatable bonds is 2. The molecule has 0 fully saturated rings. The van der Waals surface area contributed by atoms with E-state index in [-0.39, 0.29) is 5.91 Å². The lowest BCUT2D eigenvalue weighted by Crippen LogP contribution is -2.13. The van der Waals surface area contributed by atoms with Crippen molar-refractivity contribution in [3.05, 3.63) is 52.8 Å². The molecule has 0 atom stereocenters. The summed E-state index contributed by atoms with van der Waals surface area (Å²) in [4.78, 5) is 12.3. The van der Waals surface area contributed by atoms with Gasteiger partial charge < -0.3 is 9.88 Å². The zero-order valence-electron chi connectivity index (χ0n) is 11.4. The van der Waals surface area contributed by atoms with E-state index in [4.69, 9.17) is 0 Å². The average Bonchev–Trinajstić information content (AvgIpc) is 2.93. The van der Waals surface area contributed by atoms with Gasteiger partial charge in [-0.25, -0.2) is 0 Å². The minimum absolute atomic E-state index is 0.00926. The van der Waals surface area contributed by atoms with Crippen LogP contribution in [0.5, 0.6) is 0 Å². The third kappa shape index (κ3) is 2.16. The molecule has 98 valence electrons. The molecule has 0 unspecified atom stereocenters. The number of hydrogen-bond donors (Lipinski definition) is 1. The van der Waals surface area contributed by atoms with Crippen molar-refractivity contribution in [3.63, 3.8) is 0 Å². The normalized spacial score (nSPS) is 13.4. The quantitative estimate of drug-likeness (QED) is 0.876. The van der Waals surface area contributed by atoms with Crippen molar-refractivity contribution in [2.45, 2.75) is 33.2 Å². The number of nitrogens with one attached hydrogen (secondary N) is 1. The zero-order valence-corrected chi connectivity index (χ0v) is 11.4. The van der Waals surface area contributed by atoms with Crippen LogP contribution in [0, 0.1) is 13.8 Å². The molecule has 1 aliphatic heterocycles. The fraction of sp³-hybridized carbons (Fsp3) is 0.312. The van der Waals surface area contributed by atoms with E-state index < -0.39 is 0 Å². The van der Waals surface area contributed by atoms with Gasteiger partial charge in [0.25, 0.3) is 5.91 Å².